The Morgan fingerprint density at radius 3 is 2.72 bits per heavy atom. The van der Waals surface area contributed by atoms with Gasteiger partial charge in [0.2, 0.25) is 0 Å². The third kappa shape index (κ3) is 4.39. The number of nitrogens with one attached hydrogen (secondary N) is 1. The van der Waals surface area contributed by atoms with Gasteiger partial charge in [-0.2, -0.15) is 0 Å². The van der Waals surface area contributed by atoms with Gasteiger partial charge in [0.25, 0.3) is 5.91 Å². The molecule has 0 bridgehead atoms. The number of nitrogens with zero attached hydrogens (tertiary/aromatic N) is 1. The first-order chi connectivity index (χ1) is 12.2. The minimum atomic E-state index is -0.271. The van der Waals surface area contributed by atoms with Gasteiger partial charge < -0.3 is 14.2 Å². The number of fused-ring (bicyclic) bond motifs is 1. The highest BCUT2D eigenvalue weighted by Gasteiger charge is 2.09. The molecule has 130 valence electrons. The van der Waals surface area contributed by atoms with Crippen LogP contribution >= 0.6 is 11.3 Å². The molecule has 0 aliphatic rings. The van der Waals surface area contributed by atoms with E-state index in [1.54, 1.807) is 25.3 Å². The predicted octanol–water partition coefficient (Wildman–Crippen LogP) is 3.72. The Bertz CT molecular complexity index is 878. The maximum atomic E-state index is 12.1. The topological polar surface area (TPSA) is 69.7 Å². The van der Waals surface area contributed by atoms with Crippen molar-refractivity contribution in [1.29, 1.82) is 0 Å². The number of methoxy groups -OCH3 is 1. The Morgan fingerprint density at radius 2 is 1.92 bits per heavy atom. The summed E-state index contributed by atoms with van der Waals surface area (Å²) in [6, 6.07) is 12.8. The number of ether oxygens (including phenoxy) is 3. The lowest BCUT2D eigenvalue weighted by atomic mass is 10.3. The summed E-state index contributed by atoms with van der Waals surface area (Å²) in [5, 5.41) is 3.28. The zero-order chi connectivity index (χ0) is 17.6. The zero-order valence-corrected chi connectivity index (χ0v) is 14.8. The zero-order valence-electron chi connectivity index (χ0n) is 13.9. The normalized spacial score (nSPS) is 10.5. The van der Waals surface area contributed by atoms with Crippen LogP contribution in [0.1, 0.15) is 6.92 Å². The Morgan fingerprint density at radius 1 is 1.12 bits per heavy atom. The van der Waals surface area contributed by atoms with Crippen LogP contribution in [-0.4, -0.2) is 31.2 Å². The van der Waals surface area contributed by atoms with Gasteiger partial charge in [0.1, 0.15) is 17.2 Å². The fraction of sp³-hybridized carbons (Fsp3) is 0.222. The fourth-order valence-corrected chi connectivity index (χ4v) is 3.12. The number of aromatic nitrogens is 1. The first kappa shape index (κ1) is 17.0. The summed E-state index contributed by atoms with van der Waals surface area (Å²) in [4.78, 5) is 16.5. The van der Waals surface area contributed by atoms with Crippen molar-refractivity contribution in [1.82, 2.24) is 4.98 Å². The van der Waals surface area contributed by atoms with Crippen molar-refractivity contribution in [3.8, 4) is 17.2 Å². The van der Waals surface area contributed by atoms with Crippen LogP contribution in [-0.2, 0) is 4.79 Å². The second kappa shape index (κ2) is 7.85. The van der Waals surface area contributed by atoms with Crippen molar-refractivity contribution in [2.75, 3.05) is 25.6 Å². The monoisotopic (exact) mass is 358 g/mol. The van der Waals surface area contributed by atoms with Crippen molar-refractivity contribution in [2.24, 2.45) is 0 Å². The highest BCUT2D eigenvalue weighted by molar-refractivity contribution is 7.22. The number of carbonyl (C=O) groups excluding carboxylic acids is 1. The number of amides is 1. The van der Waals surface area contributed by atoms with Crippen LogP contribution in [0.4, 0.5) is 5.13 Å². The van der Waals surface area contributed by atoms with Gasteiger partial charge in [-0.15, -0.1) is 0 Å². The third-order valence-corrected chi connectivity index (χ3v) is 4.26. The van der Waals surface area contributed by atoms with E-state index in [0.717, 1.165) is 16.0 Å². The average molecular weight is 358 g/mol. The molecule has 7 heteroatoms. The molecule has 1 N–H and O–H groups in total. The van der Waals surface area contributed by atoms with Crippen LogP contribution in [0.15, 0.2) is 42.5 Å². The van der Waals surface area contributed by atoms with Crippen LogP contribution in [0.25, 0.3) is 10.2 Å². The van der Waals surface area contributed by atoms with E-state index in [-0.39, 0.29) is 12.5 Å². The van der Waals surface area contributed by atoms with E-state index in [0.29, 0.717) is 23.2 Å². The molecule has 0 radical (unpaired) electrons. The maximum Gasteiger partial charge on any atom is 0.264 e. The predicted molar refractivity (Wildman–Crippen MR) is 97.9 cm³/mol. The van der Waals surface area contributed by atoms with E-state index in [2.05, 4.69) is 10.3 Å². The first-order valence-electron chi connectivity index (χ1n) is 7.78. The molecule has 2 aromatic carbocycles. The van der Waals surface area contributed by atoms with Gasteiger partial charge in [0.15, 0.2) is 11.7 Å². The molecule has 0 spiro atoms. The van der Waals surface area contributed by atoms with Gasteiger partial charge >= 0.3 is 0 Å². The minimum absolute atomic E-state index is 0.104. The Hall–Kier alpha value is -2.80. The van der Waals surface area contributed by atoms with Gasteiger partial charge in [-0.25, -0.2) is 4.98 Å². The number of rotatable bonds is 7. The highest BCUT2D eigenvalue weighted by Crippen LogP contribution is 2.29. The summed E-state index contributed by atoms with van der Waals surface area (Å²) in [7, 11) is 1.58. The van der Waals surface area contributed by atoms with Gasteiger partial charge in [0, 0.05) is 6.07 Å². The van der Waals surface area contributed by atoms with Gasteiger partial charge in [-0.05, 0) is 37.3 Å². The molecule has 1 amide bonds. The van der Waals surface area contributed by atoms with Crippen molar-refractivity contribution in [3.63, 3.8) is 0 Å². The molecular weight excluding hydrogens is 340 g/mol. The summed E-state index contributed by atoms with van der Waals surface area (Å²) >= 11 is 1.39. The molecule has 3 aromatic rings. The molecule has 6 nitrogen and oxygen atoms in total. The molecule has 0 aliphatic carbocycles. The Balaban J connectivity index is 1.61. The van der Waals surface area contributed by atoms with Crippen LogP contribution in [0.5, 0.6) is 17.2 Å². The molecule has 0 saturated heterocycles. The van der Waals surface area contributed by atoms with E-state index >= 15 is 0 Å². The van der Waals surface area contributed by atoms with Crippen molar-refractivity contribution >= 4 is 32.6 Å². The van der Waals surface area contributed by atoms with E-state index in [4.69, 9.17) is 14.2 Å². The number of thiazole rings is 1. The van der Waals surface area contributed by atoms with E-state index in [1.807, 2.05) is 31.2 Å². The second-order valence-corrected chi connectivity index (χ2v) is 6.13. The standard InChI is InChI=1S/C18H18N2O4S/c1-3-23-14-7-8-15-16(10-14)25-18(19-15)20-17(21)11-24-13-6-4-5-12(9-13)22-2/h4-10H,3,11H2,1-2H3,(H,19,20,21). The number of hydrogen-bond acceptors (Lipinski definition) is 6. The molecular formula is C18H18N2O4S. The SMILES string of the molecule is CCOc1ccc2nc(NC(=O)COc3cccc(OC)c3)sc2c1. The molecule has 0 aliphatic heterocycles. The maximum absolute atomic E-state index is 12.1. The highest BCUT2D eigenvalue weighted by atomic mass is 32.1. The molecule has 0 fully saturated rings. The van der Waals surface area contributed by atoms with Crippen LogP contribution in [0.3, 0.4) is 0 Å². The largest absolute Gasteiger partial charge is 0.497 e. The molecule has 3 rings (SSSR count). The van der Waals surface area contributed by atoms with Crippen LogP contribution in [0, 0.1) is 0 Å². The third-order valence-electron chi connectivity index (χ3n) is 3.33. The molecule has 0 unspecified atom stereocenters. The molecule has 1 heterocycles. The average Bonchev–Trinajstić information content (AvgIpc) is 3.02. The van der Waals surface area contributed by atoms with Gasteiger partial charge in [0.05, 0.1) is 23.9 Å². The lowest BCUT2D eigenvalue weighted by molar-refractivity contribution is -0.118. The first-order valence-corrected chi connectivity index (χ1v) is 8.59. The smallest absolute Gasteiger partial charge is 0.264 e. The molecule has 25 heavy (non-hydrogen) atoms. The molecule has 0 atom stereocenters. The summed E-state index contributed by atoms with van der Waals surface area (Å²) in [5.41, 5.74) is 0.817. The number of anilines is 1. The molecule has 1 aromatic heterocycles. The number of carbonyl (C=O) groups is 1. The summed E-state index contributed by atoms with van der Waals surface area (Å²) in [6.45, 7) is 2.44. The van der Waals surface area contributed by atoms with Crippen LogP contribution < -0.4 is 19.5 Å². The lowest BCUT2D eigenvalue weighted by Crippen LogP contribution is -2.19. The van der Waals surface area contributed by atoms with Crippen molar-refractivity contribution in [3.05, 3.63) is 42.5 Å². The van der Waals surface area contributed by atoms with E-state index in [9.17, 15) is 4.79 Å². The van der Waals surface area contributed by atoms with E-state index < -0.39 is 0 Å². The van der Waals surface area contributed by atoms with Crippen molar-refractivity contribution < 1.29 is 19.0 Å². The van der Waals surface area contributed by atoms with Crippen LogP contribution in [0.2, 0.25) is 0 Å². The summed E-state index contributed by atoms with van der Waals surface area (Å²) in [5.74, 6) is 1.76. The quantitative estimate of drug-likeness (QED) is 0.697. The lowest BCUT2D eigenvalue weighted by Gasteiger charge is -2.07. The van der Waals surface area contributed by atoms with E-state index in [1.165, 1.54) is 11.3 Å². The summed E-state index contributed by atoms with van der Waals surface area (Å²) in [6.07, 6.45) is 0. The second-order valence-electron chi connectivity index (χ2n) is 5.10. The van der Waals surface area contributed by atoms with Crippen molar-refractivity contribution in [2.45, 2.75) is 6.92 Å². The van der Waals surface area contributed by atoms with Gasteiger partial charge in [-0.1, -0.05) is 17.4 Å². The Kier molecular flexibility index (Phi) is 5.35. The number of hydrogen-bond donors (Lipinski definition) is 1. The number of benzene rings is 2. The minimum Gasteiger partial charge on any atom is -0.497 e. The molecule has 0 saturated carbocycles. The summed E-state index contributed by atoms with van der Waals surface area (Å²) < 4.78 is 17.0. The fourth-order valence-electron chi connectivity index (χ4n) is 2.21. The Labute approximate surface area is 149 Å². The van der Waals surface area contributed by atoms with Gasteiger partial charge in [-0.3, -0.25) is 10.1 Å².